The molecule has 0 aromatic rings. The molecule has 1 rings (SSSR count). The third-order valence-corrected chi connectivity index (χ3v) is 2.84. The molecule has 1 heterocycles. The summed E-state index contributed by atoms with van der Waals surface area (Å²) in [5, 5.41) is 0. The lowest BCUT2D eigenvalue weighted by atomic mass is 9.99. The molecule has 0 spiro atoms. The van der Waals surface area contributed by atoms with Crippen molar-refractivity contribution in [2.45, 2.75) is 44.8 Å². The van der Waals surface area contributed by atoms with Crippen molar-refractivity contribution in [2.24, 2.45) is 0 Å². The highest BCUT2D eigenvalue weighted by Gasteiger charge is 2.45. The zero-order valence-electron chi connectivity index (χ0n) is 10.1. The summed E-state index contributed by atoms with van der Waals surface area (Å²) < 4.78 is 41.9. The Bertz CT molecular complexity index is 317. The van der Waals surface area contributed by atoms with Gasteiger partial charge in [0, 0.05) is 12.6 Å². The lowest BCUT2D eigenvalue weighted by molar-refractivity contribution is -0.189. The Balaban J connectivity index is 2.68. The van der Waals surface area contributed by atoms with E-state index in [0.29, 0.717) is 19.3 Å². The number of esters is 1. The first-order valence-corrected chi connectivity index (χ1v) is 5.89. The largest absolute Gasteiger partial charge is 0.471 e. The van der Waals surface area contributed by atoms with Crippen molar-refractivity contribution in [3.8, 4) is 0 Å². The molecular weight excluding hydrogens is 251 g/mol. The highest BCUT2D eigenvalue weighted by Crippen LogP contribution is 2.26. The van der Waals surface area contributed by atoms with Crippen LogP contribution in [-0.4, -0.2) is 42.1 Å². The third-order valence-electron chi connectivity index (χ3n) is 2.84. The molecule has 0 N–H and O–H groups in total. The average molecular weight is 267 g/mol. The predicted molar refractivity (Wildman–Crippen MR) is 56.7 cm³/mol. The van der Waals surface area contributed by atoms with Gasteiger partial charge in [-0.2, -0.15) is 13.2 Å². The fraction of sp³-hybridized carbons (Fsp3) is 0.818. The van der Waals surface area contributed by atoms with Gasteiger partial charge >= 0.3 is 18.1 Å². The van der Waals surface area contributed by atoms with Crippen LogP contribution in [0.2, 0.25) is 0 Å². The van der Waals surface area contributed by atoms with E-state index in [1.807, 2.05) is 0 Å². The van der Waals surface area contributed by atoms with Crippen LogP contribution in [0.5, 0.6) is 0 Å². The van der Waals surface area contributed by atoms with Crippen LogP contribution < -0.4 is 0 Å². The topological polar surface area (TPSA) is 46.6 Å². The second-order valence-corrected chi connectivity index (χ2v) is 4.16. The lowest BCUT2D eigenvalue weighted by Gasteiger charge is -2.35. The van der Waals surface area contributed by atoms with Crippen molar-refractivity contribution in [2.75, 3.05) is 13.2 Å². The van der Waals surface area contributed by atoms with Crippen molar-refractivity contribution in [1.29, 1.82) is 0 Å². The second-order valence-electron chi connectivity index (χ2n) is 4.16. The van der Waals surface area contributed by atoms with E-state index in [1.54, 1.807) is 6.92 Å². The zero-order valence-corrected chi connectivity index (χ0v) is 10.1. The standard InChI is InChI=1S/C11H16F3NO3/c1-2-18-9(16)7-8-5-3-4-6-15(8)10(17)11(12,13)14/h8H,2-7H2,1H3/t8-/m1/s1. The Kier molecular flexibility index (Phi) is 4.98. The van der Waals surface area contributed by atoms with Gasteiger partial charge in [-0.05, 0) is 26.2 Å². The predicted octanol–water partition coefficient (Wildman–Crippen LogP) is 1.88. The molecule has 18 heavy (non-hydrogen) atoms. The number of likely N-dealkylation sites (tertiary alicyclic amines) is 1. The molecule has 1 saturated heterocycles. The van der Waals surface area contributed by atoms with Gasteiger partial charge in [-0.15, -0.1) is 0 Å². The fourth-order valence-electron chi connectivity index (χ4n) is 2.06. The zero-order chi connectivity index (χ0) is 13.8. The molecular formula is C11H16F3NO3. The summed E-state index contributed by atoms with van der Waals surface area (Å²) in [6, 6.07) is -0.702. The number of hydrogen-bond acceptors (Lipinski definition) is 3. The van der Waals surface area contributed by atoms with Crippen LogP contribution in [0, 0.1) is 0 Å². The van der Waals surface area contributed by atoms with Gasteiger partial charge in [0.1, 0.15) is 0 Å². The molecule has 1 aliphatic heterocycles. The molecule has 1 atom stereocenters. The van der Waals surface area contributed by atoms with Crippen LogP contribution in [0.3, 0.4) is 0 Å². The van der Waals surface area contributed by atoms with Crippen LogP contribution in [-0.2, 0) is 14.3 Å². The molecule has 1 amide bonds. The molecule has 0 radical (unpaired) electrons. The maximum Gasteiger partial charge on any atom is 0.471 e. The molecule has 0 aromatic carbocycles. The summed E-state index contributed by atoms with van der Waals surface area (Å²) >= 11 is 0. The molecule has 7 heteroatoms. The van der Waals surface area contributed by atoms with Crippen molar-refractivity contribution in [1.82, 2.24) is 4.90 Å². The molecule has 104 valence electrons. The number of carbonyl (C=O) groups is 2. The first-order valence-electron chi connectivity index (χ1n) is 5.89. The summed E-state index contributed by atoms with van der Waals surface area (Å²) in [7, 11) is 0. The minimum atomic E-state index is -4.88. The van der Waals surface area contributed by atoms with Gasteiger partial charge in [0.15, 0.2) is 0 Å². The van der Waals surface area contributed by atoms with Crippen LogP contribution in [0.15, 0.2) is 0 Å². The molecule has 1 fully saturated rings. The Hall–Kier alpha value is -1.27. The Morgan fingerprint density at radius 1 is 1.33 bits per heavy atom. The highest BCUT2D eigenvalue weighted by molar-refractivity contribution is 5.83. The summed E-state index contributed by atoms with van der Waals surface area (Å²) in [4.78, 5) is 23.3. The normalized spacial score (nSPS) is 20.7. The number of halogens is 3. The van der Waals surface area contributed by atoms with E-state index >= 15 is 0 Å². The first-order chi connectivity index (χ1) is 8.36. The number of rotatable bonds is 3. The highest BCUT2D eigenvalue weighted by atomic mass is 19.4. The van der Waals surface area contributed by atoms with Crippen LogP contribution in [0.25, 0.3) is 0 Å². The van der Waals surface area contributed by atoms with Crippen LogP contribution in [0.1, 0.15) is 32.6 Å². The van der Waals surface area contributed by atoms with Crippen molar-refractivity contribution >= 4 is 11.9 Å². The first kappa shape index (κ1) is 14.8. The van der Waals surface area contributed by atoms with E-state index in [4.69, 9.17) is 4.74 Å². The number of carbonyl (C=O) groups excluding carboxylic acids is 2. The van der Waals surface area contributed by atoms with Gasteiger partial charge in [0.25, 0.3) is 0 Å². The Labute approximate surface area is 103 Å². The summed E-state index contributed by atoms with van der Waals surface area (Å²) in [6.07, 6.45) is -3.41. The van der Waals surface area contributed by atoms with Crippen molar-refractivity contribution < 1.29 is 27.5 Å². The second kappa shape index (κ2) is 6.06. The molecule has 0 bridgehead atoms. The van der Waals surface area contributed by atoms with E-state index < -0.39 is 24.1 Å². The van der Waals surface area contributed by atoms with Gasteiger partial charge in [0.2, 0.25) is 0 Å². The van der Waals surface area contributed by atoms with E-state index in [1.165, 1.54) is 0 Å². The number of alkyl halides is 3. The smallest absolute Gasteiger partial charge is 0.466 e. The van der Waals surface area contributed by atoms with Gasteiger partial charge in [-0.3, -0.25) is 9.59 Å². The van der Waals surface area contributed by atoms with Crippen molar-refractivity contribution in [3.05, 3.63) is 0 Å². The lowest BCUT2D eigenvalue weighted by Crippen LogP contribution is -2.50. The fourth-order valence-corrected chi connectivity index (χ4v) is 2.06. The van der Waals surface area contributed by atoms with Crippen LogP contribution in [0.4, 0.5) is 13.2 Å². The molecule has 0 saturated carbocycles. The number of ether oxygens (including phenoxy) is 1. The number of amides is 1. The summed E-state index contributed by atoms with van der Waals surface area (Å²) in [5.41, 5.74) is 0. The van der Waals surface area contributed by atoms with E-state index in [0.717, 1.165) is 4.90 Å². The summed E-state index contributed by atoms with van der Waals surface area (Å²) in [5.74, 6) is -2.43. The Morgan fingerprint density at radius 3 is 2.56 bits per heavy atom. The third kappa shape index (κ3) is 3.89. The number of hydrogen-bond donors (Lipinski definition) is 0. The monoisotopic (exact) mass is 267 g/mol. The van der Waals surface area contributed by atoms with Crippen LogP contribution >= 0.6 is 0 Å². The maximum absolute atomic E-state index is 12.4. The van der Waals surface area contributed by atoms with Crippen molar-refractivity contribution in [3.63, 3.8) is 0 Å². The van der Waals surface area contributed by atoms with Gasteiger partial charge in [-0.25, -0.2) is 0 Å². The molecule has 0 aliphatic carbocycles. The van der Waals surface area contributed by atoms with E-state index in [9.17, 15) is 22.8 Å². The minimum absolute atomic E-state index is 0.0441. The average Bonchev–Trinajstić information content (AvgIpc) is 2.28. The van der Waals surface area contributed by atoms with Gasteiger partial charge in [0.05, 0.1) is 13.0 Å². The minimum Gasteiger partial charge on any atom is -0.466 e. The SMILES string of the molecule is CCOC(=O)C[C@H]1CCCCN1C(=O)C(F)(F)F. The quantitative estimate of drug-likeness (QED) is 0.733. The molecule has 4 nitrogen and oxygen atoms in total. The van der Waals surface area contributed by atoms with Gasteiger partial charge in [-0.1, -0.05) is 0 Å². The summed E-state index contributed by atoms with van der Waals surface area (Å²) in [6.45, 7) is 1.85. The van der Waals surface area contributed by atoms with E-state index in [-0.39, 0.29) is 19.6 Å². The maximum atomic E-state index is 12.4. The van der Waals surface area contributed by atoms with Gasteiger partial charge < -0.3 is 9.64 Å². The number of nitrogens with zero attached hydrogens (tertiary/aromatic N) is 1. The molecule has 1 aliphatic rings. The number of piperidine rings is 1. The van der Waals surface area contributed by atoms with E-state index in [2.05, 4.69) is 0 Å². The molecule has 0 aromatic heterocycles. The Morgan fingerprint density at radius 2 is 2.00 bits per heavy atom. The molecule has 0 unspecified atom stereocenters.